The van der Waals surface area contributed by atoms with Gasteiger partial charge >= 0.3 is 0 Å². The van der Waals surface area contributed by atoms with E-state index in [1.54, 1.807) is 0 Å². The van der Waals surface area contributed by atoms with Gasteiger partial charge in [-0.2, -0.15) is 0 Å². The van der Waals surface area contributed by atoms with Crippen LogP contribution in [0.1, 0.15) is 167 Å². The molecule has 0 atom stereocenters. The molecule has 8 bridgehead atoms. The Morgan fingerprint density at radius 1 is 0.410 bits per heavy atom. The van der Waals surface area contributed by atoms with Crippen molar-refractivity contribution in [3.63, 3.8) is 0 Å². The van der Waals surface area contributed by atoms with E-state index in [1.165, 1.54) is 73.7 Å². The Bertz CT molecular complexity index is 3550. The van der Waals surface area contributed by atoms with E-state index < -0.39 is 0 Å². The van der Waals surface area contributed by atoms with E-state index in [2.05, 4.69) is 237 Å². The molecule has 2 N–H and O–H groups in total. The summed E-state index contributed by atoms with van der Waals surface area (Å²) in [5, 5.41) is 9.77. The van der Waals surface area contributed by atoms with E-state index in [1.807, 2.05) is 10.9 Å². The molecule has 0 fully saturated rings. The molecule has 8 aromatic rings. The first-order chi connectivity index (χ1) is 37.5. The van der Waals surface area contributed by atoms with E-state index in [4.69, 9.17) is 20.3 Å². The summed E-state index contributed by atoms with van der Waals surface area (Å²) in [6.45, 7) is 27.1. The molecule has 0 unspecified atom stereocenters. The largest absolute Gasteiger partial charge is 0.372 e. The number of nitrogens with zero attached hydrogens (tertiary/aromatic N) is 6. The normalized spacial score (nSPS) is 12.7. The highest BCUT2D eigenvalue weighted by atomic mass is 15.4. The van der Waals surface area contributed by atoms with Crippen LogP contribution < -0.4 is 4.90 Å². The lowest BCUT2D eigenvalue weighted by atomic mass is 9.86. The van der Waals surface area contributed by atoms with Crippen LogP contribution >= 0.6 is 0 Å². The molecule has 0 saturated heterocycles. The zero-order valence-electron chi connectivity index (χ0n) is 48.2. The number of unbranched alkanes of at least 4 members (excludes halogenated alkanes) is 6. The Morgan fingerprint density at radius 3 is 1.19 bits per heavy atom. The van der Waals surface area contributed by atoms with Crippen molar-refractivity contribution < 1.29 is 0 Å². The number of hydrogen-bond donors (Lipinski definition) is 2. The summed E-state index contributed by atoms with van der Waals surface area (Å²) in [4.78, 5) is 21.6. The summed E-state index contributed by atoms with van der Waals surface area (Å²) in [6.07, 6.45) is 20.7. The molecular weight excluding hydrogens is 953 g/mol. The molecular formula is C70H80N8. The summed E-state index contributed by atoms with van der Waals surface area (Å²) in [7, 11) is 0. The minimum Gasteiger partial charge on any atom is -0.372 e. The third-order valence-electron chi connectivity index (χ3n) is 15.7. The van der Waals surface area contributed by atoms with Gasteiger partial charge < -0.3 is 14.9 Å². The van der Waals surface area contributed by atoms with Crippen LogP contribution in [0.2, 0.25) is 0 Å². The number of benzene rings is 4. The first kappa shape index (κ1) is 53.8. The maximum absolute atomic E-state index is 5.59. The number of H-pyrrole nitrogens is 2. The van der Waals surface area contributed by atoms with E-state index >= 15 is 0 Å². The molecule has 8 heteroatoms. The molecule has 0 aliphatic carbocycles. The van der Waals surface area contributed by atoms with Crippen LogP contribution in [-0.2, 0) is 16.2 Å². The maximum Gasteiger partial charge on any atom is 0.115 e. The van der Waals surface area contributed by atoms with Gasteiger partial charge in [-0.3, -0.25) is 0 Å². The van der Waals surface area contributed by atoms with E-state index in [-0.39, 0.29) is 16.2 Å². The van der Waals surface area contributed by atoms with Gasteiger partial charge in [-0.25, -0.2) is 14.6 Å². The van der Waals surface area contributed by atoms with Crippen LogP contribution in [0.3, 0.4) is 0 Å². The van der Waals surface area contributed by atoms with Crippen molar-refractivity contribution in [2.24, 2.45) is 0 Å². The molecule has 4 aromatic heterocycles. The van der Waals surface area contributed by atoms with E-state index in [9.17, 15) is 0 Å². The molecule has 2 aliphatic heterocycles. The fourth-order valence-corrected chi connectivity index (χ4v) is 10.9. The highest BCUT2D eigenvalue weighted by Crippen LogP contribution is 2.39. The quantitative estimate of drug-likeness (QED) is 0.0941. The molecule has 78 heavy (non-hydrogen) atoms. The molecule has 10 rings (SSSR count). The van der Waals surface area contributed by atoms with Crippen LogP contribution in [0.5, 0.6) is 0 Å². The highest BCUT2D eigenvalue weighted by Gasteiger charge is 2.23. The van der Waals surface area contributed by atoms with Gasteiger partial charge in [0.25, 0.3) is 0 Å². The molecule has 8 nitrogen and oxygen atoms in total. The third-order valence-corrected chi connectivity index (χ3v) is 15.7. The maximum atomic E-state index is 5.59. The predicted octanol–water partition coefficient (Wildman–Crippen LogP) is 18.8. The first-order valence-corrected chi connectivity index (χ1v) is 28.7. The second-order valence-corrected chi connectivity index (χ2v) is 24.7. The Labute approximate surface area is 463 Å². The summed E-state index contributed by atoms with van der Waals surface area (Å²) in [5.74, 6) is 0. The molecule has 400 valence electrons. The van der Waals surface area contributed by atoms with Gasteiger partial charge in [-0.05, 0) is 123 Å². The monoisotopic (exact) mass is 1030 g/mol. The van der Waals surface area contributed by atoms with Crippen molar-refractivity contribution in [3.8, 4) is 50.3 Å². The van der Waals surface area contributed by atoms with E-state index in [0.717, 1.165) is 108 Å². The second-order valence-electron chi connectivity index (χ2n) is 24.7. The average molecular weight is 1030 g/mol. The van der Waals surface area contributed by atoms with Crippen molar-refractivity contribution in [1.29, 1.82) is 0 Å². The van der Waals surface area contributed by atoms with Gasteiger partial charge in [-0.15, -0.1) is 5.10 Å². The van der Waals surface area contributed by atoms with Crippen molar-refractivity contribution in [3.05, 3.63) is 167 Å². The zero-order valence-corrected chi connectivity index (χ0v) is 48.2. The molecule has 0 radical (unpaired) electrons. The predicted molar refractivity (Wildman–Crippen MR) is 332 cm³/mol. The number of aromatic nitrogens is 7. The van der Waals surface area contributed by atoms with Crippen LogP contribution in [-0.4, -0.2) is 48.0 Å². The van der Waals surface area contributed by atoms with E-state index in [0.29, 0.717) is 0 Å². The Kier molecular flexibility index (Phi) is 15.5. The zero-order chi connectivity index (χ0) is 54.8. The SMILES string of the molecule is CCCCCCN(CCCCCC)c1ccc(-c2cn(-c3c4nc(c(-c5ccc(C(C)(C)C)cc5)c5ccc([nH]5)c(-c5ccc(C(C)(C)C)cc5)c5nc(c(-c6ccc(C(C)(C)C)cc6)c6ccc3[nH]6)C=C5)C=C4)nn2)cc1. The summed E-state index contributed by atoms with van der Waals surface area (Å²) in [5.41, 5.74) is 21.1. The van der Waals surface area contributed by atoms with Crippen LogP contribution in [0.15, 0.2) is 128 Å². The van der Waals surface area contributed by atoms with Crippen LogP contribution in [0.4, 0.5) is 5.69 Å². The fraction of sp³-hybridized carbons (Fsp3) is 0.343. The Hall–Kier alpha value is -7.58. The smallest absolute Gasteiger partial charge is 0.115 e. The fourth-order valence-electron chi connectivity index (χ4n) is 10.9. The third kappa shape index (κ3) is 11.6. The number of nitrogens with one attached hydrogen (secondary N) is 2. The number of hydrogen-bond acceptors (Lipinski definition) is 5. The minimum atomic E-state index is -0.000456. The number of rotatable bonds is 16. The number of anilines is 1. The van der Waals surface area contributed by atoms with Crippen LogP contribution in [0, 0.1) is 0 Å². The lowest BCUT2D eigenvalue weighted by Crippen LogP contribution is -2.25. The Morgan fingerprint density at radius 2 is 0.782 bits per heavy atom. The number of aromatic amines is 2. The molecule has 6 heterocycles. The van der Waals surface area contributed by atoms with Gasteiger partial charge in [0.15, 0.2) is 0 Å². The van der Waals surface area contributed by atoms with Crippen molar-refractivity contribution >= 4 is 52.1 Å². The minimum absolute atomic E-state index is 0.000456. The highest BCUT2D eigenvalue weighted by molar-refractivity contribution is 5.98. The lowest BCUT2D eigenvalue weighted by Gasteiger charge is -2.25. The first-order valence-electron chi connectivity index (χ1n) is 28.7. The Balaban J connectivity index is 1.20. The van der Waals surface area contributed by atoms with Gasteiger partial charge in [-0.1, -0.05) is 205 Å². The van der Waals surface area contributed by atoms with Crippen molar-refractivity contribution in [2.75, 3.05) is 18.0 Å². The van der Waals surface area contributed by atoms with Crippen molar-refractivity contribution in [2.45, 2.75) is 144 Å². The number of fused-ring (bicyclic) bond motifs is 8. The molecule has 0 saturated carbocycles. The molecule has 0 amide bonds. The topological polar surface area (TPSA) is 91.3 Å². The second kappa shape index (κ2) is 22.4. The van der Waals surface area contributed by atoms with Gasteiger partial charge in [0.05, 0.1) is 34.5 Å². The van der Waals surface area contributed by atoms with Gasteiger partial charge in [0, 0.05) is 57.6 Å². The standard InChI is InChI=1S/C70H80N8/c1-12-14-16-18-44-77(45-19-17-15-13-2)54-34-26-47(27-35-54)63-46-78(76-75-63)67-61-42-40-59(73-61)65(49-22-30-52(31-23-49)69(6,7)8)57-38-36-55(71-57)64(48-20-28-51(29-21-48)68(3,4)5)56-37-39-58(72-56)66(60-41-43-62(67)74-60)50-24-32-53(33-25-50)70(9,10)11/h20-43,46,71,74H,12-19,44-45H2,1-11H3. The molecule has 2 aliphatic rings. The average Bonchev–Trinajstić information content (AvgIpc) is 4.46. The summed E-state index contributed by atoms with van der Waals surface area (Å²) in [6, 6.07) is 44.7. The van der Waals surface area contributed by atoms with Crippen LogP contribution in [0.25, 0.3) is 96.7 Å². The molecule has 4 aromatic carbocycles. The van der Waals surface area contributed by atoms with Gasteiger partial charge in [0.2, 0.25) is 0 Å². The van der Waals surface area contributed by atoms with Gasteiger partial charge in [0.1, 0.15) is 11.4 Å². The molecule has 0 spiro atoms. The summed E-state index contributed by atoms with van der Waals surface area (Å²) < 4.78 is 1.90. The lowest BCUT2D eigenvalue weighted by molar-refractivity contribution is 0.590. The summed E-state index contributed by atoms with van der Waals surface area (Å²) >= 11 is 0. The van der Waals surface area contributed by atoms with Crippen molar-refractivity contribution in [1.82, 2.24) is 34.9 Å².